The van der Waals surface area contributed by atoms with Crippen molar-refractivity contribution in [1.82, 2.24) is 0 Å². The first-order valence-corrected chi connectivity index (χ1v) is 26.6. The summed E-state index contributed by atoms with van der Waals surface area (Å²) in [5.74, 6) is 0. The molecule has 1 nitrogen and oxygen atoms in total. The van der Waals surface area contributed by atoms with Crippen LogP contribution < -0.4 is 0 Å². The van der Waals surface area contributed by atoms with Crippen molar-refractivity contribution in [2.24, 2.45) is 0 Å². The average molecular weight is 725 g/mol. The summed E-state index contributed by atoms with van der Waals surface area (Å²) in [6.07, 6.45) is 66.2. The van der Waals surface area contributed by atoms with Gasteiger partial charge in [-0.3, -0.25) is 0 Å². The van der Waals surface area contributed by atoms with E-state index in [1.807, 2.05) is 0 Å². The first-order valence-electron chi connectivity index (χ1n) is 24.1. The van der Waals surface area contributed by atoms with Gasteiger partial charge in [0.15, 0.2) is 0 Å². The Kier molecular flexibility index (Phi) is 47.8. The summed E-state index contributed by atoms with van der Waals surface area (Å²) >= 11 is 0. The maximum Gasteiger partial charge on any atom is 0.0594 e. The monoisotopic (exact) mass is 725 g/mol. The van der Waals surface area contributed by atoms with Crippen molar-refractivity contribution < 1.29 is 5.48 Å². The third-order valence-corrected chi connectivity index (χ3v) is 17.0. The Balaban J connectivity index is 0. The molecule has 304 valence electrons. The molecule has 0 aliphatic heterocycles. The van der Waals surface area contributed by atoms with Crippen LogP contribution in [0.25, 0.3) is 0 Å². The van der Waals surface area contributed by atoms with E-state index in [2.05, 4.69) is 27.7 Å². The van der Waals surface area contributed by atoms with Crippen LogP contribution in [0.2, 0.25) is 0 Å². The lowest BCUT2D eigenvalue weighted by molar-refractivity contribution is 0.557. The molecule has 0 aromatic rings. The second kappa shape index (κ2) is 45.5. The van der Waals surface area contributed by atoms with Gasteiger partial charge in [-0.25, -0.2) is 0 Å². The smallest absolute Gasteiger partial charge is 0.0594 e. The lowest BCUT2D eigenvalue weighted by Gasteiger charge is -2.28. The zero-order valence-electron chi connectivity index (χ0n) is 36.0. The highest BCUT2D eigenvalue weighted by Crippen LogP contribution is 2.61. The maximum atomic E-state index is 2.34. The zero-order chi connectivity index (χ0) is 35.6. The summed E-state index contributed by atoms with van der Waals surface area (Å²) < 4.78 is 0. The van der Waals surface area contributed by atoms with Gasteiger partial charge in [0.05, 0.1) is 24.6 Å². The fourth-order valence-electron chi connectivity index (χ4n) is 8.41. The highest BCUT2D eigenvalue weighted by Gasteiger charge is 2.35. The lowest BCUT2D eigenvalue weighted by atomic mass is 10.1. The highest BCUT2D eigenvalue weighted by atomic mass is 31.2. The average Bonchev–Trinajstić information content (AvgIpc) is 3.11. The molecule has 0 saturated heterocycles. The quantitative estimate of drug-likeness (QED) is 0.0454. The summed E-state index contributed by atoms with van der Waals surface area (Å²) in [5.41, 5.74) is 0. The van der Waals surface area contributed by atoms with E-state index in [0.29, 0.717) is 0 Å². The molecule has 0 unspecified atom stereocenters. The van der Waals surface area contributed by atoms with Crippen LogP contribution in [0.15, 0.2) is 0 Å². The third kappa shape index (κ3) is 39.6. The van der Waals surface area contributed by atoms with Gasteiger partial charge in [-0.05, 0) is 51.4 Å². The third-order valence-electron chi connectivity index (χ3n) is 11.9. The van der Waals surface area contributed by atoms with Crippen LogP contribution in [0.1, 0.15) is 285 Å². The van der Waals surface area contributed by atoms with Gasteiger partial charge in [-0.1, -0.05) is 233 Å². The van der Waals surface area contributed by atoms with Crippen molar-refractivity contribution >= 4 is 7.26 Å². The van der Waals surface area contributed by atoms with E-state index < -0.39 is 7.26 Å². The molecule has 1 N–H and O–H groups in total. The number of hydrogen-bond acceptors (Lipinski definition) is 1. The standard InChI is InChI=1S/C48H100P.H2O/c1-5-9-13-17-21-25-29-33-37-41-45-49(46-42-38-34-30-26-22-18-14-10-6-2,47-43-39-35-31-27-23-19-15-11-7-3)48-44-40-36-32-28-24-20-16-12-8-4;/h5-48H2,1-4H3;1H2/q+1;/p-1. The molecule has 0 atom stereocenters. The molecule has 0 spiro atoms. The Morgan fingerprint density at radius 2 is 0.300 bits per heavy atom. The number of unbranched alkanes of at least 4 members (excludes halogenated alkanes) is 36. The van der Waals surface area contributed by atoms with Crippen molar-refractivity contribution in [2.45, 2.75) is 285 Å². The summed E-state index contributed by atoms with van der Waals surface area (Å²) in [5, 5.41) is 0. The van der Waals surface area contributed by atoms with E-state index in [4.69, 9.17) is 0 Å². The minimum absolute atomic E-state index is 0. The van der Waals surface area contributed by atoms with Gasteiger partial charge in [0.2, 0.25) is 0 Å². The van der Waals surface area contributed by atoms with Crippen molar-refractivity contribution in [1.29, 1.82) is 0 Å². The van der Waals surface area contributed by atoms with Gasteiger partial charge in [-0.2, -0.15) is 0 Å². The molecule has 0 amide bonds. The number of rotatable bonds is 44. The van der Waals surface area contributed by atoms with Gasteiger partial charge in [0.1, 0.15) is 0 Å². The predicted molar refractivity (Wildman–Crippen MR) is 236 cm³/mol. The molecule has 0 aliphatic carbocycles. The summed E-state index contributed by atoms with van der Waals surface area (Å²) in [7, 11) is -0.792. The number of hydrogen-bond donors (Lipinski definition) is 0. The predicted octanol–water partition coefficient (Wildman–Crippen LogP) is 18.5. The summed E-state index contributed by atoms with van der Waals surface area (Å²) in [6, 6.07) is 0. The van der Waals surface area contributed by atoms with Crippen LogP contribution >= 0.6 is 7.26 Å². The normalized spacial score (nSPS) is 11.8. The fraction of sp³-hybridized carbons (Fsp3) is 1.00. The fourth-order valence-corrected chi connectivity index (χ4v) is 13.3. The van der Waals surface area contributed by atoms with E-state index >= 15 is 0 Å². The molecule has 0 aromatic heterocycles. The SMILES string of the molecule is CCCCCCCCCCCC[P+](CCCCCCCCCCCC)(CCCCCCCCCCCC)CCCCCCCCCCCC.[OH-]. The van der Waals surface area contributed by atoms with E-state index in [-0.39, 0.29) is 5.48 Å². The second-order valence-electron chi connectivity index (χ2n) is 17.0. The molecule has 2 heteroatoms. The molecule has 0 heterocycles. The Morgan fingerprint density at radius 3 is 0.440 bits per heavy atom. The van der Waals surface area contributed by atoms with Crippen molar-refractivity contribution in [3.8, 4) is 0 Å². The van der Waals surface area contributed by atoms with Crippen LogP contribution in [0, 0.1) is 0 Å². The molecule has 0 bridgehead atoms. The first kappa shape index (κ1) is 52.5. The van der Waals surface area contributed by atoms with Crippen LogP contribution in [0.5, 0.6) is 0 Å². The first-order chi connectivity index (χ1) is 24.2. The molecular weight excluding hydrogens is 624 g/mol. The van der Waals surface area contributed by atoms with Crippen molar-refractivity contribution in [2.75, 3.05) is 24.6 Å². The molecule has 0 aromatic carbocycles. The largest absolute Gasteiger partial charge is 0.870 e. The minimum Gasteiger partial charge on any atom is -0.870 e. The zero-order valence-corrected chi connectivity index (χ0v) is 36.9. The van der Waals surface area contributed by atoms with Gasteiger partial charge >= 0.3 is 0 Å². The van der Waals surface area contributed by atoms with E-state index in [0.717, 1.165) is 0 Å². The Morgan fingerprint density at radius 1 is 0.180 bits per heavy atom. The Labute approximate surface area is 320 Å². The minimum atomic E-state index is -0.792. The van der Waals surface area contributed by atoms with E-state index in [9.17, 15) is 0 Å². The van der Waals surface area contributed by atoms with Crippen LogP contribution in [-0.4, -0.2) is 30.1 Å². The molecule has 50 heavy (non-hydrogen) atoms. The topological polar surface area (TPSA) is 30.0 Å². The summed E-state index contributed by atoms with van der Waals surface area (Å²) in [4.78, 5) is 0. The lowest BCUT2D eigenvalue weighted by Crippen LogP contribution is -2.13. The molecule has 0 saturated carbocycles. The van der Waals surface area contributed by atoms with Crippen LogP contribution in [0.4, 0.5) is 0 Å². The van der Waals surface area contributed by atoms with Gasteiger partial charge in [0.25, 0.3) is 0 Å². The van der Waals surface area contributed by atoms with Gasteiger partial charge in [-0.15, -0.1) is 0 Å². The molecular formula is C48H101OP. The Hall–Kier alpha value is 0.390. The molecule has 0 radical (unpaired) electrons. The van der Waals surface area contributed by atoms with E-state index in [1.54, 1.807) is 50.3 Å². The molecule has 0 aliphatic rings. The van der Waals surface area contributed by atoms with Crippen molar-refractivity contribution in [3.05, 3.63) is 0 Å². The Bertz CT molecular complexity index is 475. The molecule has 0 fully saturated rings. The maximum absolute atomic E-state index is 2.34. The highest BCUT2D eigenvalue weighted by molar-refractivity contribution is 7.75. The summed E-state index contributed by atoms with van der Waals surface area (Å²) in [6.45, 7) is 9.36. The van der Waals surface area contributed by atoms with Crippen LogP contribution in [-0.2, 0) is 0 Å². The molecule has 0 rings (SSSR count). The van der Waals surface area contributed by atoms with Gasteiger partial charge < -0.3 is 5.48 Å². The van der Waals surface area contributed by atoms with Gasteiger partial charge in [0, 0.05) is 7.26 Å². The van der Waals surface area contributed by atoms with E-state index in [1.165, 1.54) is 231 Å². The van der Waals surface area contributed by atoms with Crippen molar-refractivity contribution in [3.63, 3.8) is 0 Å². The second-order valence-corrected chi connectivity index (χ2v) is 21.4. The van der Waals surface area contributed by atoms with Crippen LogP contribution in [0.3, 0.4) is 0 Å².